The third kappa shape index (κ3) is 5.75. The molecule has 5 N–H and O–H groups in total. The third-order valence-electron chi connectivity index (χ3n) is 3.13. The summed E-state index contributed by atoms with van der Waals surface area (Å²) in [5, 5.41) is 6.41. The highest BCUT2D eigenvalue weighted by atomic mass is 32.1. The highest BCUT2D eigenvalue weighted by Gasteiger charge is 2.58. The van der Waals surface area contributed by atoms with Gasteiger partial charge in [-0.1, -0.05) is 0 Å². The lowest BCUT2D eigenvalue weighted by atomic mass is 10.2. The number of rotatable bonds is 9. The highest BCUT2D eigenvalue weighted by molar-refractivity contribution is 7.80. The Hall–Kier alpha value is 0.570. The van der Waals surface area contributed by atoms with E-state index in [1.54, 1.807) is 0 Å². The van der Waals surface area contributed by atoms with Crippen LogP contribution in [0, 0.1) is 0 Å². The summed E-state index contributed by atoms with van der Waals surface area (Å²) in [4.78, 5) is 36.0. The van der Waals surface area contributed by atoms with Crippen molar-refractivity contribution in [3.05, 3.63) is 0 Å². The average Bonchev–Trinajstić information content (AvgIpc) is 2.23. The van der Waals surface area contributed by atoms with Gasteiger partial charge in [-0.25, -0.2) is 0 Å². The van der Waals surface area contributed by atoms with Crippen molar-refractivity contribution in [1.29, 1.82) is 0 Å². The van der Waals surface area contributed by atoms with Crippen LogP contribution in [0.1, 0.15) is 19.3 Å². The van der Waals surface area contributed by atoms with Crippen LogP contribution in [0.25, 0.3) is 0 Å². The summed E-state index contributed by atoms with van der Waals surface area (Å²) in [5.74, 6) is 0.705. The quantitative estimate of drug-likeness (QED) is 0.198. The molecular formula is C9H24NO7P2S+. The number of aliphatic hydroxyl groups is 1. The summed E-state index contributed by atoms with van der Waals surface area (Å²) in [5.41, 5.74) is 0. The molecular weight excluding hydrogens is 328 g/mol. The fourth-order valence-electron chi connectivity index (χ4n) is 1.82. The number of hydrogen-bond acceptors (Lipinski definition) is 4. The summed E-state index contributed by atoms with van der Waals surface area (Å²) >= 11 is 4.09. The molecule has 8 nitrogen and oxygen atoms in total. The van der Waals surface area contributed by atoms with E-state index in [-0.39, 0.29) is 6.42 Å². The zero-order valence-electron chi connectivity index (χ0n) is 11.6. The second-order valence-electron chi connectivity index (χ2n) is 5.43. The first kappa shape index (κ1) is 20.6. The van der Waals surface area contributed by atoms with E-state index in [1.807, 2.05) is 14.1 Å². The standard InChI is InChI=1S/C9H23NO7P2S/c1-10(2,7-4-8-20)6-3-5-9(11,18(12,13)14)19(15,16)17/h11H,3-8H2,1-2H3,(H4-,12,13,14,15,16,17,20)/p+1. The van der Waals surface area contributed by atoms with Gasteiger partial charge < -0.3 is 29.2 Å². The number of hydrogen-bond donors (Lipinski definition) is 6. The maximum absolute atomic E-state index is 11.2. The highest BCUT2D eigenvalue weighted by Crippen LogP contribution is 2.69. The Morgan fingerprint density at radius 3 is 1.75 bits per heavy atom. The molecule has 0 aliphatic rings. The van der Waals surface area contributed by atoms with Gasteiger partial charge in [0.05, 0.1) is 27.2 Å². The summed E-state index contributed by atoms with van der Waals surface area (Å²) in [7, 11) is -6.91. The van der Waals surface area contributed by atoms with Crippen molar-refractivity contribution in [3.63, 3.8) is 0 Å². The van der Waals surface area contributed by atoms with Crippen LogP contribution in [0.4, 0.5) is 0 Å². The fourth-order valence-corrected chi connectivity index (χ4v) is 4.21. The lowest BCUT2D eigenvalue weighted by Crippen LogP contribution is -2.42. The Labute approximate surface area is 124 Å². The molecule has 0 aliphatic heterocycles. The van der Waals surface area contributed by atoms with Crippen LogP contribution in [0.5, 0.6) is 0 Å². The van der Waals surface area contributed by atoms with Crippen molar-refractivity contribution in [2.75, 3.05) is 32.9 Å². The first-order valence-electron chi connectivity index (χ1n) is 6.03. The normalized spacial score (nSPS) is 14.6. The fraction of sp³-hybridized carbons (Fsp3) is 1.00. The van der Waals surface area contributed by atoms with Gasteiger partial charge in [0.2, 0.25) is 0 Å². The molecule has 11 heteroatoms. The first-order chi connectivity index (χ1) is 8.77. The van der Waals surface area contributed by atoms with Crippen LogP contribution in [0.2, 0.25) is 0 Å². The Balaban J connectivity index is 4.76. The molecule has 122 valence electrons. The van der Waals surface area contributed by atoms with Crippen LogP contribution in [-0.2, 0) is 9.13 Å². The van der Waals surface area contributed by atoms with Crippen molar-refractivity contribution >= 4 is 27.8 Å². The molecule has 0 atom stereocenters. The minimum atomic E-state index is -5.34. The van der Waals surface area contributed by atoms with E-state index in [9.17, 15) is 14.2 Å². The Kier molecular flexibility index (Phi) is 7.43. The maximum Gasteiger partial charge on any atom is 0.369 e. The van der Waals surface area contributed by atoms with E-state index >= 15 is 0 Å². The maximum atomic E-state index is 11.2. The molecule has 0 bridgehead atoms. The van der Waals surface area contributed by atoms with E-state index < -0.39 is 26.7 Å². The topological polar surface area (TPSA) is 135 Å². The monoisotopic (exact) mass is 352 g/mol. The van der Waals surface area contributed by atoms with Crippen LogP contribution in [0.15, 0.2) is 0 Å². The molecule has 20 heavy (non-hydrogen) atoms. The van der Waals surface area contributed by atoms with Crippen LogP contribution in [-0.4, -0.2) is 67.2 Å². The average molecular weight is 352 g/mol. The van der Waals surface area contributed by atoms with E-state index in [0.717, 1.165) is 13.0 Å². The molecule has 0 aliphatic carbocycles. The molecule has 0 fully saturated rings. The smallest absolute Gasteiger partial charge is 0.368 e. The Bertz CT molecular complexity index is 383. The first-order valence-corrected chi connectivity index (χ1v) is 9.89. The molecule has 0 heterocycles. The van der Waals surface area contributed by atoms with Gasteiger partial charge in [-0.15, -0.1) is 0 Å². The summed E-state index contributed by atoms with van der Waals surface area (Å²) in [6.45, 7) is 1.20. The van der Waals surface area contributed by atoms with Gasteiger partial charge in [0.25, 0.3) is 5.08 Å². The summed E-state index contributed by atoms with van der Waals surface area (Å²) < 4.78 is 22.8. The third-order valence-corrected chi connectivity index (χ3v) is 7.32. The van der Waals surface area contributed by atoms with Gasteiger partial charge in [-0.3, -0.25) is 9.13 Å². The second-order valence-corrected chi connectivity index (χ2v) is 9.88. The van der Waals surface area contributed by atoms with Crippen LogP contribution < -0.4 is 0 Å². The molecule has 0 aromatic rings. The second kappa shape index (κ2) is 7.22. The summed E-state index contributed by atoms with van der Waals surface area (Å²) in [6, 6.07) is 0. The molecule has 0 amide bonds. The van der Waals surface area contributed by atoms with Gasteiger partial charge in [-0.05, 0) is 5.75 Å². The predicted molar refractivity (Wildman–Crippen MR) is 78.6 cm³/mol. The number of nitrogens with zero attached hydrogens (tertiary/aromatic N) is 1. The van der Waals surface area contributed by atoms with Gasteiger partial charge in [0.15, 0.2) is 0 Å². The summed E-state index contributed by atoms with van der Waals surface area (Å²) in [6.07, 6.45) is 0.258. The minimum Gasteiger partial charge on any atom is -0.368 e. The molecule has 0 saturated carbocycles. The van der Waals surface area contributed by atoms with E-state index in [0.29, 0.717) is 16.8 Å². The zero-order chi connectivity index (χ0) is 16.2. The molecule has 0 aromatic carbocycles. The van der Waals surface area contributed by atoms with Gasteiger partial charge in [-0.2, -0.15) is 12.6 Å². The van der Waals surface area contributed by atoms with E-state index in [4.69, 9.17) is 19.6 Å². The predicted octanol–water partition coefficient (Wildman–Crippen LogP) is 0.164. The lowest BCUT2D eigenvalue weighted by molar-refractivity contribution is -0.890. The number of quaternary nitrogens is 1. The van der Waals surface area contributed by atoms with Crippen molar-refractivity contribution in [2.45, 2.75) is 24.3 Å². The van der Waals surface area contributed by atoms with Crippen molar-refractivity contribution < 1.29 is 38.3 Å². The van der Waals surface area contributed by atoms with Crippen molar-refractivity contribution in [1.82, 2.24) is 0 Å². The SMILES string of the molecule is C[N+](C)(CCCS)CCCC(O)(P(=O)(O)O)P(=O)(O)O. The van der Waals surface area contributed by atoms with Crippen molar-refractivity contribution in [2.24, 2.45) is 0 Å². The number of thiol groups is 1. The molecule has 0 radical (unpaired) electrons. The van der Waals surface area contributed by atoms with Crippen LogP contribution in [0.3, 0.4) is 0 Å². The van der Waals surface area contributed by atoms with Gasteiger partial charge in [0, 0.05) is 19.3 Å². The molecule has 0 aromatic heterocycles. The lowest BCUT2D eigenvalue weighted by Gasteiger charge is -2.33. The van der Waals surface area contributed by atoms with E-state index in [2.05, 4.69) is 12.6 Å². The zero-order valence-corrected chi connectivity index (χ0v) is 14.3. The van der Waals surface area contributed by atoms with E-state index in [1.165, 1.54) is 0 Å². The molecule has 0 unspecified atom stereocenters. The van der Waals surface area contributed by atoms with Crippen molar-refractivity contribution in [3.8, 4) is 0 Å². The van der Waals surface area contributed by atoms with Gasteiger partial charge in [0.1, 0.15) is 0 Å². The minimum absolute atomic E-state index is 0.0757. The molecule has 0 spiro atoms. The Morgan fingerprint density at radius 2 is 1.40 bits per heavy atom. The van der Waals surface area contributed by atoms with Crippen LogP contribution >= 0.6 is 27.8 Å². The largest absolute Gasteiger partial charge is 0.369 e. The molecule has 0 rings (SSSR count). The van der Waals surface area contributed by atoms with Gasteiger partial charge >= 0.3 is 15.2 Å². The Morgan fingerprint density at radius 1 is 1.00 bits per heavy atom. The molecule has 0 saturated heterocycles.